The number of hydrogen-bond donors (Lipinski definition) is 1. The molecule has 2 aromatic rings. The molecule has 0 bridgehead atoms. The molecule has 152 valence electrons. The summed E-state index contributed by atoms with van der Waals surface area (Å²) in [4.78, 5) is 12.9. The van der Waals surface area contributed by atoms with Crippen LogP contribution in [0.4, 0.5) is 4.39 Å². The standard InChI is InChI=1S/C22H20ClFO5/c1-22(2)10-9-14-18(28-12-27-3)11-17(26)19(21(14)29-22)16(25)8-7-13-5-4-6-15(23)20(13)24/h4-11,26H,12H2,1-3H3/b8-7+. The maximum atomic E-state index is 14.1. The van der Waals surface area contributed by atoms with E-state index >= 15 is 0 Å². The lowest BCUT2D eigenvalue weighted by molar-refractivity contribution is 0.0502. The van der Waals surface area contributed by atoms with Crippen LogP contribution in [0.3, 0.4) is 0 Å². The summed E-state index contributed by atoms with van der Waals surface area (Å²) in [6, 6.07) is 5.81. The van der Waals surface area contributed by atoms with Crippen molar-refractivity contribution in [1.29, 1.82) is 0 Å². The molecule has 1 N–H and O–H groups in total. The smallest absolute Gasteiger partial charge is 0.193 e. The number of ketones is 1. The molecule has 2 aromatic carbocycles. The molecule has 0 unspecified atom stereocenters. The van der Waals surface area contributed by atoms with Gasteiger partial charge in [-0.15, -0.1) is 0 Å². The van der Waals surface area contributed by atoms with E-state index in [9.17, 15) is 14.3 Å². The predicted molar refractivity (Wildman–Crippen MR) is 109 cm³/mol. The molecule has 0 atom stereocenters. The number of carbonyl (C=O) groups is 1. The molecule has 0 fully saturated rings. The molecule has 0 spiro atoms. The molecule has 0 saturated carbocycles. The van der Waals surface area contributed by atoms with Gasteiger partial charge in [0, 0.05) is 18.7 Å². The third-order valence-electron chi connectivity index (χ3n) is 4.25. The van der Waals surface area contributed by atoms with Crippen LogP contribution in [-0.2, 0) is 4.74 Å². The minimum atomic E-state index is -0.697. The van der Waals surface area contributed by atoms with E-state index in [0.717, 1.165) is 6.08 Å². The zero-order valence-electron chi connectivity index (χ0n) is 16.2. The minimum Gasteiger partial charge on any atom is -0.507 e. The van der Waals surface area contributed by atoms with E-state index in [4.69, 9.17) is 25.8 Å². The van der Waals surface area contributed by atoms with Crippen LogP contribution in [0.2, 0.25) is 5.02 Å². The monoisotopic (exact) mass is 418 g/mol. The Morgan fingerprint density at radius 1 is 1.38 bits per heavy atom. The molecule has 3 rings (SSSR count). The Bertz CT molecular complexity index is 1010. The van der Waals surface area contributed by atoms with Crippen LogP contribution in [0.15, 0.2) is 36.4 Å². The number of hydrogen-bond acceptors (Lipinski definition) is 5. The molecule has 1 aliphatic rings. The van der Waals surface area contributed by atoms with Crippen LogP contribution in [0.1, 0.15) is 35.3 Å². The fourth-order valence-electron chi connectivity index (χ4n) is 2.86. The Morgan fingerprint density at radius 2 is 2.14 bits per heavy atom. The predicted octanol–water partition coefficient (Wildman–Crippen LogP) is 5.25. The van der Waals surface area contributed by atoms with E-state index in [1.54, 1.807) is 12.1 Å². The van der Waals surface area contributed by atoms with E-state index in [-0.39, 0.29) is 34.4 Å². The molecule has 0 amide bonds. The zero-order valence-corrected chi connectivity index (χ0v) is 16.9. The summed E-state index contributed by atoms with van der Waals surface area (Å²) in [5.41, 5.74) is -0.0805. The van der Waals surface area contributed by atoms with E-state index in [0.29, 0.717) is 11.3 Å². The summed E-state index contributed by atoms with van der Waals surface area (Å²) in [6.07, 6.45) is 6.04. The van der Waals surface area contributed by atoms with Crippen molar-refractivity contribution >= 4 is 29.5 Å². The molecule has 0 radical (unpaired) electrons. The SMILES string of the molecule is COCOc1cc(O)c(C(=O)/C=C/c2cccc(Cl)c2F)c2c1C=CC(C)(C)O2. The minimum absolute atomic E-state index is 0.0373. The fourth-order valence-corrected chi connectivity index (χ4v) is 3.04. The summed E-state index contributed by atoms with van der Waals surface area (Å²) in [5.74, 6) is -1.00. The van der Waals surface area contributed by atoms with Gasteiger partial charge in [0.1, 0.15) is 34.2 Å². The number of rotatable bonds is 6. The molecular weight excluding hydrogens is 399 g/mol. The first-order valence-corrected chi connectivity index (χ1v) is 9.17. The molecule has 1 heterocycles. The number of phenolic OH excluding ortho intramolecular Hbond substituents is 1. The van der Waals surface area contributed by atoms with Gasteiger partial charge in [0.25, 0.3) is 0 Å². The summed E-state index contributed by atoms with van der Waals surface area (Å²) in [5, 5.41) is 10.5. The van der Waals surface area contributed by atoms with E-state index in [1.165, 1.54) is 31.4 Å². The van der Waals surface area contributed by atoms with Crippen LogP contribution in [-0.4, -0.2) is 30.4 Å². The summed E-state index contributed by atoms with van der Waals surface area (Å²) in [6.45, 7) is 3.60. The molecule has 7 heteroatoms. The van der Waals surface area contributed by atoms with Gasteiger partial charge in [-0.05, 0) is 44.2 Å². The maximum Gasteiger partial charge on any atom is 0.193 e. The second-order valence-corrected chi connectivity index (χ2v) is 7.35. The van der Waals surface area contributed by atoms with E-state index in [1.807, 2.05) is 19.9 Å². The molecule has 5 nitrogen and oxygen atoms in total. The number of phenols is 1. The van der Waals surface area contributed by atoms with Crippen LogP contribution in [0, 0.1) is 5.82 Å². The number of methoxy groups -OCH3 is 1. The lowest BCUT2D eigenvalue weighted by atomic mass is 9.96. The summed E-state index contributed by atoms with van der Waals surface area (Å²) in [7, 11) is 1.47. The van der Waals surface area contributed by atoms with E-state index < -0.39 is 17.2 Å². The van der Waals surface area contributed by atoms with Crippen LogP contribution >= 0.6 is 11.6 Å². The summed E-state index contributed by atoms with van der Waals surface area (Å²) >= 11 is 5.77. The van der Waals surface area contributed by atoms with Gasteiger partial charge in [-0.1, -0.05) is 23.7 Å². The lowest BCUT2D eigenvalue weighted by Gasteiger charge is -2.30. The van der Waals surface area contributed by atoms with Crippen molar-refractivity contribution in [3.05, 3.63) is 63.9 Å². The number of halogens is 2. The molecule has 0 saturated heterocycles. The topological polar surface area (TPSA) is 65.0 Å². The Hall–Kier alpha value is -2.83. The van der Waals surface area contributed by atoms with Crippen LogP contribution in [0.5, 0.6) is 17.2 Å². The average Bonchev–Trinajstić information content (AvgIpc) is 2.66. The number of carbonyl (C=O) groups excluding carboxylic acids is 1. The number of ether oxygens (including phenoxy) is 3. The van der Waals surface area contributed by atoms with Gasteiger partial charge < -0.3 is 19.3 Å². The van der Waals surface area contributed by atoms with Gasteiger partial charge in [0.15, 0.2) is 12.6 Å². The molecule has 0 aromatic heterocycles. The van der Waals surface area contributed by atoms with Gasteiger partial charge in [0.05, 0.1) is 10.6 Å². The van der Waals surface area contributed by atoms with E-state index in [2.05, 4.69) is 0 Å². The second-order valence-electron chi connectivity index (χ2n) is 6.94. The molecule has 0 aliphatic carbocycles. The van der Waals surface area contributed by atoms with Crippen molar-refractivity contribution in [3.63, 3.8) is 0 Å². The first-order chi connectivity index (χ1) is 13.7. The molecular formula is C22H20ClFO5. The Morgan fingerprint density at radius 3 is 2.86 bits per heavy atom. The first kappa shape index (κ1) is 20.9. The highest BCUT2D eigenvalue weighted by Gasteiger charge is 2.30. The van der Waals surface area contributed by atoms with Crippen molar-refractivity contribution < 1.29 is 28.5 Å². The highest BCUT2D eigenvalue weighted by atomic mass is 35.5. The van der Waals surface area contributed by atoms with Gasteiger partial charge >= 0.3 is 0 Å². The average molecular weight is 419 g/mol. The van der Waals surface area contributed by atoms with Crippen LogP contribution < -0.4 is 9.47 Å². The van der Waals surface area contributed by atoms with Gasteiger partial charge in [-0.25, -0.2) is 4.39 Å². The number of benzene rings is 2. The maximum absolute atomic E-state index is 14.1. The van der Waals surface area contributed by atoms with Crippen molar-refractivity contribution in [2.24, 2.45) is 0 Å². The van der Waals surface area contributed by atoms with Crippen molar-refractivity contribution in [3.8, 4) is 17.2 Å². The highest BCUT2D eigenvalue weighted by Crippen LogP contribution is 2.44. The molecule has 1 aliphatic heterocycles. The number of aromatic hydroxyl groups is 1. The Balaban J connectivity index is 2.05. The Kier molecular flexibility index (Phi) is 5.96. The molecule has 29 heavy (non-hydrogen) atoms. The van der Waals surface area contributed by atoms with Gasteiger partial charge in [0.2, 0.25) is 0 Å². The van der Waals surface area contributed by atoms with Gasteiger partial charge in [-0.2, -0.15) is 0 Å². The Labute approximate surface area is 173 Å². The summed E-state index contributed by atoms with van der Waals surface area (Å²) < 4.78 is 30.4. The third kappa shape index (κ3) is 4.44. The number of fused-ring (bicyclic) bond motifs is 1. The van der Waals surface area contributed by atoms with Gasteiger partial charge in [-0.3, -0.25) is 4.79 Å². The normalized spacial score (nSPS) is 14.5. The van der Waals surface area contributed by atoms with Crippen molar-refractivity contribution in [2.75, 3.05) is 13.9 Å². The lowest BCUT2D eigenvalue weighted by Crippen LogP contribution is -2.28. The zero-order chi connectivity index (χ0) is 21.2. The second kappa shape index (κ2) is 8.27. The van der Waals surface area contributed by atoms with Crippen molar-refractivity contribution in [2.45, 2.75) is 19.4 Å². The number of allylic oxidation sites excluding steroid dienone is 1. The highest BCUT2D eigenvalue weighted by molar-refractivity contribution is 6.30. The fraction of sp³-hybridized carbons (Fsp3) is 0.227. The first-order valence-electron chi connectivity index (χ1n) is 8.80. The van der Waals surface area contributed by atoms with Crippen molar-refractivity contribution in [1.82, 2.24) is 0 Å². The largest absolute Gasteiger partial charge is 0.507 e. The van der Waals surface area contributed by atoms with Crippen LogP contribution in [0.25, 0.3) is 12.2 Å². The third-order valence-corrected chi connectivity index (χ3v) is 4.54. The quantitative estimate of drug-likeness (QED) is 0.394.